The van der Waals surface area contributed by atoms with E-state index in [0.717, 1.165) is 32.0 Å². The maximum atomic E-state index is 12.2. The summed E-state index contributed by atoms with van der Waals surface area (Å²) in [6, 6.07) is 13.8. The molecule has 3 rings (SSSR count). The van der Waals surface area contributed by atoms with Gasteiger partial charge in [0.1, 0.15) is 13.1 Å². The average molecular weight is 339 g/mol. The lowest BCUT2D eigenvalue weighted by atomic mass is 10.0. The Bertz CT molecular complexity index is 713. The van der Waals surface area contributed by atoms with Gasteiger partial charge in [-0.2, -0.15) is 5.10 Å². The van der Waals surface area contributed by atoms with Crippen LogP contribution in [0.15, 0.2) is 60.0 Å². The van der Waals surface area contributed by atoms with Crippen molar-refractivity contribution in [1.29, 1.82) is 0 Å². The van der Waals surface area contributed by atoms with Gasteiger partial charge in [-0.1, -0.05) is 30.3 Å². The fraction of sp³-hybridized carbons (Fsp3) is 0.316. The molecule has 25 heavy (non-hydrogen) atoms. The predicted octanol–water partition coefficient (Wildman–Crippen LogP) is 0.844. The molecule has 1 atom stereocenters. The molecule has 2 heterocycles. The molecular formula is C19H23N4O2+. The molecule has 0 unspecified atom stereocenters. The summed E-state index contributed by atoms with van der Waals surface area (Å²) in [6.07, 6.45) is 3.17. The third kappa shape index (κ3) is 4.49. The topological polar surface area (TPSA) is 68.0 Å². The van der Waals surface area contributed by atoms with Crippen LogP contribution in [0.2, 0.25) is 0 Å². The van der Waals surface area contributed by atoms with Gasteiger partial charge in [0, 0.05) is 18.0 Å². The second kappa shape index (κ2) is 8.50. The normalized spacial score (nSPS) is 17.1. The number of hydrogen-bond acceptors (Lipinski definition) is 4. The number of nitrogens with zero attached hydrogens (tertiary/aromatic N) is 2. The van der Waals surface area contributed by atoms with E-state index in [1.807, 2.05) is 25.1 Å². The summed E-state index contributed by atoms with van der Waals surface area (Å²) < 4.78 is 5.48. The van der Waals surface area contributed by atoms with Gasteiger partial charge in [-0.15, -0.1) is 0 Å². The molecule has 1 aromatic carbocycles. The first-order valence-electron chi connectivity index (χ1n) is 8.47. The molecule has 2 aromatic rings. The molecule has 1 aliphatic rings. The minimum Gasteiger partial charge on any atom is -0.370 e. The number of pyridine rings is 1. The van der Waals surface area contributed by atoms with Crippen molar-refractivity contribution in [3.8, 4) is 0 Å². The second-order valence-corrected chi connectivity index (χ2v) is 6.05. The van der Waals surface area contributed by atoms with Gasteiger partial charge in [0.25, 0.3) is 5.91 Å². The largest absolute Gasteiger partial charge is 0.370 e. The molecule has 0 spiro atoms. The lowest BCUT2D eigenvalue weighted by Crippen LogP contribution is -3.15. The summed E-state index contributed by atoms with van der Waals surface area (Å²) in [6.45, 7) is 5.29. The second-order valence-electron chi connectivity index (χ2n) is 6.05. The molecule has 1 amide bonds. The first kappa shape index (κ1) is 17.3. The molecule has 0 saturated carbocycles. The van der Waals surface area contributed by atoms with Gasteiger partial charge < -0.3 is 9.64 Å². The van der Waals surface area contributed by atoms with E-state index in [4.69, 9.17) is 4.74 Å². The van der Waals surface area contributed by atoms with Crippen molar-refractivity contribution >= 4 is 11.6 Å². The predicted molar refractivity (Wildman–Crippen MR) is 95.5 cm³/mol. The highest BCUT2D eigenvalue weighted by Gasteiger charge is 2.29. The van der Waals surface area contributed by atoms with Crippen molar-refractivity contribution in [3.63, 3.8) is 0 Å². The van der Waals surface area contributed by atoms with E-state index >= 15 is 0 Å². The average Bonchev–Trinajstić information content (AvgIpc) is 2.69. The third-order valence-electron chi connectivity index (χ3n) is 4.35. The van der Waals surface area contributed by atoms with Gasteiger partial charge in [0.15, 0.2) is 6.04 Å². The molecule has 1 saturated heterocycles. The summed E-state index contributed by atoms with van der Waals surface area (Å²) >= 11 is 0. The number of quaternary nitrogens is 1. The Morgan fingerprint density at radius 1 is 1.20 bits per heavy atom. The van der Waals surface area contributed by atoms with Crippen LogP contribution in [0, 0.1) is 0 Å². The zero-order valence-electron chi connectivity index (χ0n) is 14.3. The quantitative estimate of drug-likeness (QED) is 0.627. The molecule has 1 aromatic heterocycles. The molecule has 0 radical (unpaired) electrons. The highest BCUT2D eigenvalue weighted by atomic mass is 16.5. The van der Waals surface area contributed by atoms with Crippen molar-refractivity contribution in [2.45, 2.75) is 13.0 Å². The van der Waals surface area contributed by atoms with Crippen molar-refractivity contribution < 1.29 is 14.4 Å². The smallest absolute Gasteiger partial charge is 0.272 e. The first-order valence-corrected chi connectivity index (χ1v) is 8.47. The number of morpholine rings is 1. The van der Waals surface area contributed by atoms with E-state index < -0.39 is 0 Å². The lowest BCUT2D eigenvalue weighted by Gasteiger charge is -2.31. The zero-order chi connectivity index (χ0) is 17.5. The number of carbonyl (C=O) groups is 1. The van der Waals surface area contributed by atoms with Crippen molar-refractivity contribution in [1.82, 2.24) is 10.4 Å². The fourth-order valence-corrected chi connectivity index (χ4v) is 3.11. The van der Waals surface area contributed by atoms with Crippen molar-refractivity contribution in [3.05, 3.63) is 66.0 Å². The minimum atomic E-state index is -0.253. The highest BCUT2D eigenvalue weighted by Crippen LogP contribution is 2.12. The fourth-order valence-electron chi connectivity index (χ4n) is 3.11. The molecule has 1 fully saturated rings. The Morgan fingerprint density at radius 3 is 2.64 bits per heavy atom. The highest BCUT2D eigenvalue weighted by molar-refractivity contribution is 5.95. The van der Waals surface area contributed by atoms with Crippen LogP contribution >= 0.6 is 0 Å². The van der Waals surface area contributed by atoms with Crippen LogP contribution in [-0.4, -0.2) is 42.9 Å². The van der Waals surface area contributed by atoms with Gasteiger partial charge in [-0.25, -0.2) is 5.43 Å². The van der Waals surface area contributed by atoms with Crippen LogP contribution in [0.25, 0.3) is 0 Å². The SMILES string of the molecule is C/C(=N/NC(=O)c1cccnc1)[C@@H](c1ccccc1)[NH+]1CCOCC1. The Kier molecular flexibility index (Phi) is 5.87. The molecule has 2 N–H and O–H groups in total. The van der Waals surface area contributed by atoms with Gasteiger partial charge >= 0.3 is 0 Å². The summed E-state index contributed by atoms with van der Waals surface area (Å²) in [5.74, 6) is -0.253. The Hall–Kier alpha value is -2.57. The number of carbonyl (C=O) groups excluding carboxylic acids is 1. The Morgan fingerprint density at radius 2 is 1.96 bits per heavy atom. The number of hydrazone groups is 1. The molecule has 1 aliphatic heterocycles. The maximum Gasteiger partial charge on any atom is 0.272 e. The summed E-state index contributed by atoms with van der Waals surface area (Å²) in [7, 11) is 0. The molecule has 6 nitrogen and oxygen atoms in total. The number of benzene rings is 1. The van der Waals surface area contributed by atoms with Crippen LogP contribution in [0.5, 0.6) is 0 Å². The number of aromatic nitrogens is 1. The van der Waals surface area contributed by atoms with E-state index in [9.17, 15) is 4.79 Å². The number of nitrogens with one attached hydrogen (secondary N) is 2. The maximum absolute atomic E-state index is 12.2. The molecule has 0 aliphatic carbocycles. The summed E-state index contributed by atoms with van der Waals surface area (Å²) in [5, 5.41) is 4.38. The summed E-state index contributed by atoms with van der Waals surface area (Å²) in [4.78, 5) is 17.6. The molecule has 6 heteroatoms. The van der Waals surface area contributed by atoms with Gasteiger partial charge in [-0.3, -0.25) is 9.78 Å². The number of hydrogen-bond donors (Lipinski definition) is 2. The van der Waals surface area contributed by atoms with Crippen molar-refractivity contribution in [2.24, 2.45) is 5.10 Å². The Balaban J connectivity index is 1.78. The molecule has 0 bridgehead atoms. The number of ether oxygens (including phenoxy) is 1. The van der Waals surface area contributed by atoms with E-state index in [0.29, 0.717) is 5.56 Å². The Labute approximate surface area is 147 Å². The standard InChI is InChI=1S/C19H22N4O2/c1-15(21-22-19(24)17-8-5-9-20-14-17)18(16-6-3-2-4-7-16)23-10-12-25-13-11-23/h2-9,14,18H,10-13H2,1H3,(H,22,24)/p+1/b21-15-/t18-/m0/s1. The van der Waals surface area contributed by atoms with Crippen LogP contribution in [-0.2, 0) is 4.74 Å². The van der Waals surface area contributed by atoms with Crippen LogP contribution < -0.4 is 10.3 Å². The third-order valence-corrected chi connectivity index (χ3v) is 4.35. The van der Waals surface area contributed by atoms with E-state index in [1.54, 1.807) is 18.3 Å². The number of rotatable bonds is 5. The lowest BCUT2D eigenvalue weighted by molar-refractivity contribution is -0.928. The van der Waals surface area contributed by atoms with Gasteiger partial charge in [-0.05, 0) is 19.1 Å². The van der Waals surface area contributed by atoms with E-state index in [-0.39, 0.29) is 11.9 Å². The van der Waals surface area contributed by atoms with Crippen LogP contribution in [0.4, 0.5) is 0 Å². The van der Waals surface area contributed by atoms with Gasteiger partial charge in [0.05, 0.1) is 24.5 Å². The number of amides is 1. The van der Waals surface area contributed by atoms with Gasteiger partial charge in [0.2, 0.25) is 0 Å². The van der Waals surface area contributed by atoms with Crippen molar-refractivity contribution in [2.75, 3.05) is 26.3 Å². The minimum absolute atomic E-state index is 0.0966. The van der Waals surface area contributed by atoms with E-state index in [2.05, 4.69) is 27.6 Å². The van der Waals surface area contributed by atoms with Crippen LogP contribution in [0.3, 0.4) is 0 Å². The zero-order valence-corrected chi connectivity index (χ0v) is 14.3. The summed E-state index contributed by atoms with van der Waals surface area (Å²) in [5.41, 5.74) is 5.21. The first-order chi connectivity index (χ1) is 12.3. The monoisotopic (exact) mass is 339 g/mol. The molecule has 130 valence electrons. The molecular weight excluding hydrogens is 316 g/mol. The van der Waals surface area contributed by atoms with Crippen LogP contribution in [0.1, 0.15) is 28.9 Å². The van der Waals surface area contributed by atoms with E-state index in [1.165, 1.54) is 16.7 Å².